The zero-order valence-corrected chi connectivity index (χ0v) is 12.0. The first-order valence-electron chi connectivity index (χ1n) is 6.04. The molecule has 0 saturated carbocycles. The van der Waals surface area contributed by atoms with Gasteiger partial charge in [0, 0.05) is 37.3 Å². The standard InChI is InChI=1S/C12H15N5O2S/c1-8(5-17-4-3-13-7-17)14-11(19)10-6-20-12(16-10)15-9(2)18/h3-4,6-8H,5H2,1-2H3,(H,14,19)(H,15,16,18)/t8-/m1/s1. The quantitative estimate of drug-likeness (QED) is 0.864. The molecule has 0 aromatic carbocycles. The van der Waals surface area contributed by atoms with E-state index in [1.165, 1.54) is 18.3 Å². The number of nitrogens with zero attached hydrogens (tertiary/aromatic N) is 3. The minimum Gasteiger partial charge on any atom is -0.346 e. The topological polar surface area (TPSA) is 88.9 Å². The largest absolute Gasteiger partial charge is 0.346 e. The van der Waals surface area contributed by atoms with Gasteiger partial charge >= 0.3 is 0 Å². The third-order valence-electron chi connectivity index (χ3n) is 2.44. The van der Waals surface area contributed by atoms with Crippen LogP contribution in [0.5, 0.6) is 0 Å². The van der Waals surface area contributed by atoms with Crippen molar-refractivity contribution in [3.05, 3.63) is 29.8 Å². The molecule has 0 aliphatic rings. The van der Waals surface area contributed by atoms with Gasteiger partial charge in [0.25, 0.3) is 5.91 Å². The molecule has 0 aliphatic carbocycles. The van der Waals surface area contributed by atoms with Gasteiger partial charge in [0.15, 0.2) is 5.13 Å². The van der Waals surface area contributed by atoms with Crippen LogP contribution in [0.25, 0.3) is 0 Å². The van der Waals surface area contributed by atoms with Crippen LogP contribution < -0.4 is 10.6 Å². The van der Waals surface area contributed by atoms with E-state index in [1.54, 1.807) is 17.9 Å². The van der Waals surface area contributed by atoms with E-state index in [0.717, 1.165) is 0 Å². The zero-order chi connectivity index (χ0) is 14.5. The second kappa shape index (κ2) is 6.29. The molecule has 0 unspecified atom stereocenters. The van der Waals surface area contributed by atoms with Gasteiger partial charge in [-0.15, -0.1) is 11.3 Å². The van der Waals surface area contributed by atoms with Gasteiger partial charge in [-0.05, 0) is 6.92 Å². The van der Waals surface area contributed by atoms with Gasteiger partial charge in [-0.1, -0.05) is 0 Å². The Balaban J connectivity index is 1.90. The van der Waals surface area contributed by atoms with E-state index >= 15 is 0 Å². The predicted octanol–water partition coefficient (Wildman–Crippen LogP) is 1.12. The minimum absolute atomic E-state index is 0.0531. The maximum Gasteiger partial charge on any atom is 0.271 e. The normalized spacial score (nSPS) is 11.9. The summed E-state index contributed by atoms with van der Waals surface area (Å²) in [5.41, 5.74) is 0.302. The molecule has 2 N–H and O–H groups in total. The molecule has 106 valence electrons. The zero-order valence-electron chi connectivity index (χ0n) is 11.2. The molecule has 2 aromatic rings. The van der Waals surface area contributed by atoms with Gasteiger partial charge in [0.2, 0.25) is 5.91 Å². The summed E-state index contributed by atoms with van der Waals surface area (Å²) in [6, 6.07) is -0.0531. The molecule has 0 radical (unpaired) electrons. The van der Waals surface area contributed by atoms with Gasteiger partial charge in [-0.2, -0.15) is 0 Å². The van der Waals surface area contributed by atoms with Crippen molar-refractivity contribution >= 4 is 28.3 Å². The summed E-state index contributed by atoms with van der Waals surface area (Å²) in [4.78, 5) is 30.9. The van der Waals surface area contributed by atoms with E-state index in [9.17, 15) is 9.59 Å². The summed E-state index contributed by atoms with van der Waals surface area (Å²) >= 11 is 1.22. The van der Waals surface area contributed by atoms with Crippen LogP contribution in [-0.4, -0.2) is 32.4 Å². The second-order valence-electron chi connectivity index (χ2n) is 4.35. The lowest BCUT2D eigenvalue weighted by Crippen LogP contribution is -2.35. The highest BCUT2D eigenvalue weighted by atomic mass is 32.1. The highest BCUT2D eigenvalue weighted by Gasteiger charge is 2.14. The third kappa shape index (κ3) is 3.89. The number of imidazole rings is 1. The first-order chi connectivity index (χ1) is 9.54. The molecule has 8 heteroatoms. The lowest BCUT2D eigenvalue weighted by Gasteiger charge is -2.13. The highest BCUT2D eigenvalue weighted by molar-refractivity contribution is 7.14. The SMILES string of the molecule is CC(=O)Nc1nc(C(=O)N[C@H](C)Cn2ccnc2)cs1. The minimum atomic E-state index is -0.259. The van der Waals surface area contributed by atoms with Gasteiger partial charge in [-0.3, -0.25) is 9.59 Å². The Morgan fingerprint density at radius 1 is 1.50 bits per heavy atom. The average Bonchev–Trinajstić information content (AvgIpc) is 2.99. The first-order valence-corrected chi connectivity index (χ1v) is 6.92. The van der Waals surface area contributed by atoms with E-state index in [-0.39, 0.29) is 17.9 Å². The smallest absolute Gasteiger partial charge is 0.271 e. The summed E-state index contributed by atoms with van der Waals surface area (Å²) in [5, 5.41) is 7.43. The van der Waals surface area contributed by atoms with Gasteiger partial charge in [-0.25, -0.2) is 9.97 Å². The Bertz CT molecular complexity index is 593. The van der Waals surface area contributed by atoms with Crippen LogP contribution >= 0.6 is 11.3 Å². The van der Waals surface area contributed by atoms with Crippen LogP contribution in [0.15, 0.2) is 24.1 Å². The second-order valence-corrected chi connectivity index (χ2v) is 5.21. The fraction of sp³-hybridized carbons (Fsp3) is 0.333. The summed E-state index contributed by atoms with van der Waals surface area (Å²) in [5.74, 6) is -0.467. The van der Waals surface area contributed by atoms with Gasteiger partial charge in [0.05, 0.1) is 6.33 Å². The molecule has 2 heterocycles. The maximum absolute atomic E-state index is 12.0. The van der Waals surface area contributed by atoms with E-state index < -0.39 is 0 Å². The molecule has 7 nitrogen and oxygen atoms in total. The number of anilines is 1. The predicted molar refractivity (Wildman–Crippen MR) is 75.6 cm³/mol. The number of nitrogens with one attached hydrogen (secondary N) is 2. The van der Waals surface area contributed by atoms with Crippen LogP contribution in [-0.2, 0) is 11.3 Å². The number of carbonyl (C=O) groups is 2. The highest BCUT2D eigenvalue weighted by Crippen LogP contribution is 2.15. The Hall–Kier alpha value is -2.22. The Labute approximate surface area is 120 Å². The van der Waals surface area contributed by atoms with Crippen molar-refractivity contribution in [1.29, 1.82) is 0 Å². The van der Waals surface area contributed by atoms with E-state index in [4.69, 9.17) is 0 Å². The van der Waals surface area contributed by atoms with Gasteiger partial charge < -0.3 is 15.2 Å². The third-order valence-corrected chi connectivity index (χ3v) is 3.20. The number of amides is 2. The number of hydrogen-bond donors (Lipinski definition) is 2. The van der Waals surface area contributed by atoms with Gasteiger partial charge in [0.1, 0.15) is 5.69 Å². The number of aromatic nitrogens is 3. The Kier molecular flexibility index (Phi) is 4.46. The number of thiazole rings is 1. The molecule has 1 atom stereocenters. The molecule has 0 aliphatic heterocycles. The molecule has 0 spiro atoms. The van der Waals surface area contributed by atoms with Crippen molar-refractivity contribution in [3.8, 4) is 0 Å². The number of rotatable bonds is 5. The number of hydrogen-bond acceptors (Lipinski definition) is 5. The Morgan fingerprint density at radius 2 is 2.30 bits per heavy atom. The molecule has 0 saturated heterocycles. The average molecular weight is 293 g/mol. The molecular formula is C12H15N5O2S. The number of carbonyl (C=O) groups excluding carboxylic acids is 2. The molecule has 2 aromatic heterocycles. The molecule has 20 heavy (non-hydrogen) atoms. The van der Waals surface area contributed by atoms with Crippen LogP contribution in [0.4, 0.5) is 5.13 Å². The van der Waals surface area contributed by atoms with Crippen molar-refractivity contribution in [2.24, 2.45) is 0 Å². The lowest BCUT2D eigenvalue weighted by molar-refractivity contribution is -0.114. The Morgan fingerprint density at radius 3 is 2.95 bits per heavy atom. The fourth-order valence-electron chi connectivity index (χ4n) is 1.64. The van der Waals surface area contributed by atoms with Crippen molar-refractivity contribution in [3.63, 3.8) is 0 Å². The molecule has 2 rings (SSSR count). The van der Waals surface area contributed by atoms with Crippen LogP contribution in [0.2, 0.25) is 0 Å². The van der Waals surface area contributed by atoms with E-state index in [1.807, 2.05) is 17.7 Å². The monoisotopic (exact) mass is 293 g/mol. The molecule has 0 bridgehead atoms. The summed E-state index contributed by atoms with van der Waals surface area (Å²) < 4.78 is 1.88. The fourth-order valence-corrected chi connectivity index (χ4v) is 2.38. The van der Waals surface area contributed by atoms with E-state index in [2.05, 4.69) is 20.6 Å². The molecule has 2 amide bonds. The van der Waals surface area contributed by atoms with Crippen molar-refractivity contribution in [2.75, 3.05) is 5.32 Å². The maximum atomic E-state index is 12.0. The summed E-state index contributed by atoms with van der Waals surface area (Å²) in [6.07, 6.45) is 5.22. The molecule has 0 fully saturated rings. The van der Waals surface area contributed by atoms with E-state index in [0.29, 0.717) is 17.4 Å². The first kappa shape index (κ1) is 14.2. The lowest BCUT2D eigenvalue weighted by atomic mass is 10.3. The van der Waals surface area contributed by atoms with Crippen LogP contribution in [0, 0.1) is 0 Å². The summed E-state index contributed by atoms with van der Waals surface area (Å²) in [7, 11) is 0. The van der Waals surface area contributed by atoms with Crippen LogP contribution in [0.3, 0.4) is 0 Å². The summed E-state index contributed by atoms with van der Waals surface area (Å²) in [6.45, 7) is 3.93. The molecular weight excluding hydrogens is 278 g/mol. The van der Waals surface area contributed by atoms with Crippen molar-refractivity contribution in [2.45, 2.75) is 26.4 Å². The van der Waals surface area contributed by atoms with Crippen molar-refractivity contribution in [1.82, 2.24) is 19.9 Å². The van der Waals surface area contributed by atoms with Crippen LogP contribution in [0.1, 0.15) is 24.3 Å². The van der Waals surface area contributed by atoms with Crippen molar-refractivity contribution < 1.29 is 9.59 Å².